The second kappa shape index (κ2) is 6.98. The zero-order valence-corrected chi connectivity index (χ0v) is 19.3. The van der Waals surface area contributed by atoms with Crippen LogP contribution in [0.5, 0.6) is 0 Å². The van der Waals surface area contributed by atoms with Gasteiger partial charge in [0.25, 0.3) is 11.1 Å². The van der Waals surface area contributed by atoms with Crippen LogP contribution in [0.3, 0.4) is 0 Å². The van der Waals surface area contributed by atoms with E-state index in [0.717, 1.165) is 10.0 Å². The molecular formula is C18H22N8O2S2. The molecule has 0 amide bonds. The molecule has 30 heavy (non-hydrogen) atoms. The van der Waals surface area contributed by atoms with Gasteiger partial charge in [0.05, 0.1) is 0 Å². The third-order valence-corrected chi connectivity index (χ3v) is 6.36. The van der Waals surface area contributed by atoms with Crippen molar-refractivity contribution in [3.63, 3.8) is 0 Å². The number of aryl methyl sites for hydroxylation is 2. The molecule has 0 aliphatic carbocycles. The summed E-state index contributed by atoms with van der Waals surface area (Å²) < 4.78 is 2.63. The molecule has 0 radical (unpaired) electrons. The highest BCUT2D eigenvalue weighted by Crippen LogP contribution is 2.20. The first-order valence-electron chi connectivity index (χ1n) is 9.47. The largest absolute Gasteiger partial charge is 0.297 e. The SMILES string of the molecule is CC(C)(C)c1nnc2sc(CCc3nn4c(=O)c(C(C)(C)C)nnc4s3)nn2c1=O. The lowest BCUT2D eigenvalue weighted by molar-refractivity contribution is 0.541. The van der Waals surface area contributed by atoms with E-state index in [1.54, 1.807) is 0 Å². The Balaban J connectivity index is 1.62. The van der Waals surface area contributed by atoms with E-state index in [9.17, 15) is 9.59 Å². The van der Waals surface area contributed by atoms with Gasteiger partial charge in [-0.05, 0) is 0 Å². The molecule has 4 aromatic heterocycles. The van der Waals surface area contributed by atoms with Gasteiger partial charge in [0.15, 0.2) is 0 Å². The van der Waals surface area contributed by atoms with E-state index in [-0.39, 0.29) is 11.1 Å². The Kier molecular flexibility index (Phi) is 4.81. The average molecular weight is 447 g/mol. The molecule has 0 N–H and O–H groups in total. The van der Waals surface area contributed by atoms with Gasteiger partial charge in [0.2, 0.25) is 9.92 Å². The fraction of sp³-hybridized carbons (Fsp3) is 0.556. The topological polar surface area (TPSA) is 120 Å². The average Bonchev–Trinajstić information content (AvgIpc) is 3.22. The van der Waals surface area contributed by atoms with Crippen LogP contribution in [0.4, 0.5) is 0 Å². The molecule has 0 saturated carbocycles. The third kappa shape index (κ3) is 3.65. The van der Waals surface area contributed by atoms with Crippen LogP contribution >= 0.6 is 22.7 Å². The standard InChI is InChI=1S/C18H22N8O2S2/c1-17(2,3)11-13(27)25-15(21-19-11)29-9(23-25)7-8-10-24-26-14(28)12(18(4,5)6)20-22-16(26)30-10/h7-8H2,1-6H3. The highest BCUT2D eigenvalue weighted by molar-refractivity contribution is 7.17. The molecule has 4 rings (SSSR count). The summed E-state index contributed by atoms with van der Waals surface area (Å²) in [6.45, 7) is 11.5. The molecule has 0 aromatic carbocycles. The molecule has 10 nitrogen and oxygen atoms in total. The molecule has 4 heterocycles. The number of aromatic nitrogens is 8. The fourth-order valence-electron chi connectivity index (χ4n) is 2.87. The zero-order chi connectivity index (χ0) is 21.8. The van der Waals surface area contributed by atoms with E-state index >= 15 is 0 Å². The van der Waals surface area contributed by atoms with E-state index in [2.05, 4.69) is 30.6 Å². The van der Waals surface area contributed by atoms with Crippen LogP contribution in [-0.2, 0) is 23.7 Å². The molecule has 0 bridgehead atoms. The minimum absolute atomic E-state index is 0.244. The number of fused-ring (bicyclic) bond motifs is 2. The van der Waals surface area contributed by atoms with Crippen molar-refractivity contribution in [2.45, 2.75) is 65.2 Å². The van der Waals surface area contributed by atoms with Crippen LogP contribution in [-0.4, -0.2) is 39.6 Å². The van der Waals surface area contributed by atoms with Gasteiger partial charge in [0.1, 0.15) is 21.4 Å². The Hall–Kier alpha value is -2.60. The van der Waals surface area contributed by atoms with Crippen molar-refractivity contribution in [1.82, 2.24) is 39.6 Å². The summed E-state index contributed by atoms with van der Waals surface area (Å²) in [5.41, 5.74) is -0.531. The van der Waals surface area contributed by atoms with E-state index < -0.39 is 10.8 Å². The summed E-state index contributed by atoms with van der Waals surface area (Å²) in [5.74, 6) is 0. The summed E-state index contributed by atoms with van der Waals surface area (Å²) in [5, 5.41) is 26.9. The predicted octanol–water partition coefficient (Wildman–Crippen LogP) is 1.79. The van der Waals surface area contributed by atoms with Crippen molar-refractivity contribution in [2.24, 2.45) is 0 Å². The molecule has 4 aromatic rings. The van der Waals surface area contributed by atoms with Crippen LogP contribution in [0, 0.1) is 0 Å². The molecule has 0 saturated heterocycles. The maximum Gasteiger partial charge on any atom is 0.297 e. The Morgan fingerprint density at radius 2 is 1.03 bits per heavy atom. The second-order valence-corrected chi connectivity index (χ2v) is 11.2. The monoisotopic (exact) mass is 446 g/mol. The highest BCUT2D eigenvalue weighted by atomic mass is 32.1. The summed E-state index contributed by atoms with van der Waals surface area (Å²) in [4.78, 5) is 26.3. The van der Waals surface area contributed by atoms with Crippen LogP contribution in [0.1, 0.15) is 62.9 Å². The van der Waals surface area contributed by atoms with Crippen molar-refractivity contribution >= 4 is 32.6 Å². The van der Waals surface area contributed by atoms with Crippen molar-refractivity contribution in [2.75, 3.05) is 0 Å². The minimum Gasteiger partial charge on any atom is -0.265 e. The van der Waals surface area contributed by atoms with Crippen LogP contribution < -0.4 is 11.1 Å². The van der Waals surface area contributed by atoms with E-state index in [0.29, 0.717) is 34.2 Å². The first-order chi connectivity index (χ1) is 13.9. The van der Waals surface area contributed by atoms with Gasteiger partial charge in [-0.25, -0.2) is 0 Å². The quantitative estimate of drug-likeness (QED) is 0.467. The smallest absolute Gasteiger partial charge is 0.265 e. The molecule has 0 atom stereocenters. The lowest BCUT2D eigenvalue weighted by Crippen LogP contribution is -2.30. The number of rotatable bonds is 3. The number of hydrogen-bond acceptors (Lipinski definition) is 10. The summed E-state index contributed by atoms with van der Waals surface area (Å²) in [6.07, 6.45) is 1.12. The molecule has 0 aliphatic heterocycles. The Labute approximate surface area is 179 Å². The summed E-state index contributed by atoms with van der Waals surface area (Å²) in [7, 11) is 0. The Morgan fingerprint density at radius 3 is 1.37 bits per heavy atom. The van der Waals surface area contributed by atoms with Crippen molar-refractivity contribution in [3.8, 4) is 0 Å². The van der Waals surface area contributed by atoms with E-state index in [1.807, 2.05) is 41.5 Å². The first kappa shape index (κ1) is 20.7. The van der Waals surface area contributed by atoms with Crippen LogP contribution in [0.2, 0.25) is 0 Å². The molecule has 0 fully saturated rings. The third-order valence-electron chi connectivity index (χ3n) is 4.44. The summed E-state index contributed by atoms with van der Waals surface area (Å²) in [6, 6.07) is 0. The Morgan fingerprint density at radius 1 is 0.667 bits per heavy atom. The molecule has 12 heteroatoms. The highest BCUT2D eigenvalue weighted by Gasteiger charge is 2.24. The molecule has 0 aliphatic rings. The normalized spacial score (nSPS) is 12.9. The first-order valence-corrected chi connectivity index (χ1v) is 11.1. The van der Waals surface area contributed by atoms with Crippen molar-refractivity contribution in [1.29, 1.82) is 0 Å². The number of nitrogens with zero attached hydrogens (tertiary/aromatic N) is 8. The summed E-state index contributed by atoms with van der Waals surface area (Å²) >= 11 is 2.65. The van der Waals surface area contributed by atoms with Gasteiger partial charge in [-0.3, -0.25) is 9.59 Å². The van der Waals surface area contributed by atoms with Crippen molar-refractivity contribution < 1.29 is 0 Å². The lowest BCUT2D eigenvalue weighted by Gasteiger charge is -2.14. The van der Waals surface area contributed by atoms with Crippen molar-refractivity contribution in [3.05, 3.63) is 42.1 Å². The van der Waals surface area contributed by atoms with Gasteiger partial charge in [-0.2, -0.15) is 19.2 Å². The fourth-order valence-corrected chi connectivity index (χ4v) is 4.52. The molecular weight excluding hydrogens is 424 g/mol. The van der Waals surface area contributed by atoms with Gasteiger partial charge >= 0.3 is 0 Å². The Bertz CT molecular complexity index is 1260. The van der Waals surface area contributed by atoms with Crippen LogP contribution in [0.15, 0.2) is 9.59 Å². The van der Waals surface area contributed by atoms with E-state index in [1.165, 1.54) is 31.7 Å². The molecule has 0 spiro atoms. The van der Waals surface area contributed by atoms with Gasteiger partial charge in [-0.15, -0.1) is 20.4 Å². The second-order valence-electron chi connectivity index (χ2n) is 9.09. The maximum atomic E-state index is 12.7. The van der Waals surface area contributed by atoms with E-state index in [4.69, 9.17) is 0 Å². The van der Waals surface area contributed by atoms with Crippen LogP contribution in [0.25, 0.3) is 9.92 Å². The maximum absolute atomic E-state index is 12.7. The van der Waals surface area contributed by atoms with Gasteiger partial charge < -0.3 is 0 Å². The minimum atomic E-state index is -0.406. The van der Waals surface area contributed by atoms with Gasteiger partial charge in [0, 0.05) is 23.7 Å². The lowest BCUT2D eigenvalue weighted by atomic mass is 9.93. The number of hydrogen-bond donors (Lipinski definition) is 0. The predicted molar refractivity (Wildman–Crippen MR) is 115 cm³/mol. The zero-order valence-electron chi connectivity index (χ0n) is 17.6. The molecule has 0 unspecified atom stereocenters. The molecule has 158 valence electrons. The van der Waals surface area contributed by atoms with Gasteiger partial charge in [-0.1, -0.05) is 64.2 Å².